The summed E-state index contributed by atoms with van der Waals surface area (Å²) in [5, 5.41) is 18.4. The van der Waals surface area contributed by atoms with Crippen LogP contribution in [0.1, 0.15) is 17.3 Å². The summed E-state index contributed by atoms with van der Waals surface area (Å²) in [7, 11) is 1.56. The molecule has 0 fully saturated rings. The summed E-state index contributed by atoms with van der Waals surface area (Å²) < 4.78 is 0. The number of carbonyl (C=O) groups excluding carboxylic acids is 2. The highest BCUT2D eigenvalue weighted by molar-refractivity contribution is 5.99. The van der Waals surface area contributed by atoms with Crippen LogP contribution in [0.2, 0.25) is 0 Å². The van der Waals surface area contributed by atoms with Crippen LogP contribution in [-0.2, 0) is 4.79 Å². The van der Waals surface area contributed by atoms with Gasteiger partial charge in [-0.25, -0.2) is 4.98 Å². The Balaban J connectivity index is 2.77. The van der Waals surface area contributed by atoms with Crippen molar-refractivity contribution in [1.82, 2.24) is 15.6 Å². The minimum Gasteiger partial charge on any atom is -0.372 e. The largest absolute Gasteiger partial charge is 0.372 e. The lowest BCUT2D eigenvalue weighted by Crippen LogP contribution is -2.34. The molecule has 0 spiro atoms. The van der Waals surface area contributed by atoms with E-state index in [2.05, 4.69) is 20.9 Å². The Labute approximate surface area is 114 Å². The molecule has 1 rings (SSSR count). The summed E-state index contributed by atoms with van der Waals surface area (Å²) in [5.74, 6) is -0.462. The zero-order chi connectivity index (χ0) is 15.1. The van der Waals surface area contributed by atoms with Crippen LogP contribution in [-0.4, -0.2) is 41.9 Å². The molecule has 9 heteroatoms. The van der Waals surface area contributed by atoms with Crippen LogP contribution in [0, 0.1) is 10.1 Å². The third kappa shape index (κ3) is 4.19. The molecule has 0 aromatic carbocycles. The van der Waals surface area contributed by atoms with E-state index in [0.29, 0.717) is 0 Å². The van der Waals surface area contributed by atoms with Crippen molar-refractivity contribution >= 4 is 23.3 Å². The Morgan fingerprint density at radius 1 is 1.35 bits per heavy atom. The lowest BCUT2D eigenvalue weighted by molar-refractivity contribution is -0.385. The van der Waals surface area contributed by atoms with E-state index in [1.54, 1.807) is 7.05 Å². The standard InChI is InChI=1S/C11H15N5O4/c1-7(17)13-3-4-14-11(18)9-5-8(16(19)20)6-15-10(9)12-2/h5-6H,3-4H2,1-2H3,(H,12,15)(H,13,17)(H,14,18). The second-order valence-electron chi connectivity index (χ2n) is 3.84. The first-order valence-electron chi connectivity index (χ1n) is 5.80. The number of anilines is 1. The molecule has 0 atom stereocenters. The van der Waals surface area contributed by atoms with Gasteiger partial charge in [0.15, 0.2) is 0 Å². The van der Waals surface area contributed by atoms with E-state index in [4.69, 9.17) is 0 Å². The molecule has 0 aliphatic heterocycles. The molecular formula is C11H15N5O4. The molecule has 2 amide bonds. The first-order valence-corrected chi connectivity index (χ1v) is 5.80. The van der Waals surface area contributed by atoms with Crippen molar-refractivity contribution in [3.63, 3.8) is 0 Å². The van der Waals surface area contributed by atoms with Gasteiger partial charge in [0.2, 0.25) is 5.91 Å². The maximum atomic E-state index is 11.9. The first-order chi connectivity index (χ1) is 9.45. The van der Waals surface area contributed by atoms with E-state index in [1.165, 1.54) is 6.92 Å². The molecule has 0 bridgehead atoms. The SMILES string of the molecule is CNc1ncc([N+](=O)[O-])cc1C(=O)NCCNC(C)=O. The predicted molar refractivity (Wildman–Crippen MR) is 71.5 cm³/mol. The number of carbonyl (C=O) groups is 2. The summed E-state index contributed by atoms with van der Waals surface area (Å²) in [4.78, 5) is 36.4. The molecule has 9 nitrogen and oxygen atoms in total. The van der Waals surface area contributed by atoms with E-state index < -0.39 is 10.8 Å². The van der Waals surface area contributed by atoms with Gasteiger partial charge in [0.25, 0.3) is 11.6 Å². The number of hydrogen-bond acceptors (Lipinski definition) is 6. The van der Waals surface area contributed by atoms with Gasteiger partial charge in [0.05, 0.1) is 10.5 Å². The molecule has 0 saturated carbocycles. The molecule has 0 radical (unpaired) electrons. The third-order valence-electron chi connectivity index (χ3n) is 2.35. The normalized spacial score (nSPS) is 9.70. The van der Waals surface area contributed by atoms with Gasteiger partial charge in [-0.05, 0) is 0 Å². The monoisotopic (exact) mass is 281 g/mol. The molecule has 20 heavy (non-hydrogen) atoms. The lowest BCUT2D eigenvalue weighted by Gasteiger charge is -2.09. The van der Waals surface area contributed by atoms with E-state index in [0.717, 1.165) is 12.3 Å². The minimum absolute atomic E-state index is 0.0736. The van der Waals surface area contributed by atoms with Crippen LogP contribution >= 0.6 is 0 Å². The summed E-state index contributed by atoms with van der Waals surface area (Å²) >= 11 is 0. The smallest absolute Gasteiger partial charge is 0.288 e. The van der Waals surface area contributed by atoms with Gasteiger partial charge in [0.1, 0.15) is 12.0 Å². The van der Waals surface area contributed by atoms with E-state index in [1.807, 2.05) is 0 Å². The molecular weight excluding hydrogens is 266 g/mol. The highest BCUT2D eigenvalue weighted by Crippen LogP contribution is 2.18. The number of hydrogen-bond donors (Lipinski definition) is 3. The third-order valence-corrected chi connectivity index (χ3v) is 2.35. The summed E-state index contributed by atoms with van der Waals surface area (Å²) in [6.07, 6.45) is 1.07. The Kier molecular flexibility index (Phi) is 5.39. The van der Waals surface area contributed by atoms with Crippen molar-refractivity contribution in [3.05, 3.63) is 27.9 Å². The van der Waals surface area contributed by atoms with E-state index in [9.17, 15) is 19.7 Å². The van der Waals surface area contributed by atoms with Crippen molar-refractivity contribution < 1.29 is 14.5 Å². The highest BCUT2D eigenvalue weighted by Gasteiger charge is 2.17. The Hall–Kier alpha value is -2.71. The van der Waals surface area contributed by atoms with Crippen LogP contribution in [0.4, 0.5) is 11.5 Å². The van der Waals surface area contributed by atoms with Crippen LogP contribution in [0.25, 0.3) is 0 Å². The van der Waals surface area contributed by atoms with Crippen molar-refractivity contribution in [3.8, 4) is 0 Å². The second kappa shape index (κ2) is 7.02. The van der Waals surface area contributed by atoms with E-state index >= 15 is 0 Å². The predicted octanol–water partition coefficient (Wildman–Crippen LogP) is -0.103. The van der Waals surface area contributed by atoms with Crippen molar-refractivity contribution in [2.75, 3.05) is 25.5 Å². The highest BCUT2D eigenvalue weighted by atomic mass is 16.6. The Morgan fingerprint density at radius 3 is 2.55 bits per heavy atom. The number of nitrogens with one attached hydrogen (secondary N) is 3. The number of nitro groups is 1. The Morgan fingerprint density at radius 2 is 2.00 bits per heavy atom. The number of nitrogens with zero attached hydrogens (tertiary/aromatic N) is 2. The number of aromatic nitrogens is 1. The maximum Gasteiger partial charge on any atom is 0.288 e. The molecule has 1 aromatic heterocycles. The molecule has 3 N–H and O–H groups in total. The van der Waals surface area contributed by atoms with Crippen molar-refractivity contribution in [2.45, 2.75) is 6.92 Å². The summed E-state index contributed by atoms with van der Waals surface area (Å²) in [6.45, 7) is 1.86. The van der Waals surface area contributed by atoms with Gasteiger partial charge in [-0.2, -0.15) is 0 Å². The van der Waals surface area contributed by atoms with Gasteiger partial charge < -0.3 is 16.0 Å². The van der Waals surface area contributed by atoms with Gasteiger partial charge in [0, 0.05) is 33.1 Å². The van der Waals surface area contributed by atoms with Gasteiger partial charge in [-0.1, -0.05) is 0 Å². The molecule has 108 valence electrons. The summed E-state index contributed by atoms with van der Waals surface area (Å²) in [5.41, 5.74) is -0.194. The quantitative estimate of drug-likeness (QED) is 0.379. The molecule has 1 aromatic rings. The van der Waals surface area contributed by atoms with Gasteiger partial charge in [-0.15, -0.1) is 0 Å². The molecule has 0 unspecified atom stereocenters. The minimum atomic E-state index is -0.624. The van der Waals surface area contributed by atoms with Gasteiger partial charge in [-0.3, -0.25) is 19.7 Å². The van der Waals surface area contributed by atoms with Crippen molar-refractivity contribution in [2.24, 2.45) is 0 Å². The first kappa shape index (κ1) is 15.3. The zero-order valence-electron chi connectivity index (χ0n) is 11.1. The van der Waals surface area contributed by atoms with Gasteiger partial charge >= 0.3 is 0 Å². The Bertz CT molecular complexity index is 532. The average Bonchev–Trinajstić information content (AvgIpc) is 2.42. The number of rotatable bonds is 6. The van der Waals surface area contributed by atoms with Crippen LogP contribution in [0.15, 0.2) is 12.3 Å². The fourth-order valence-corrected chi connectivity index (χ4v) is 1.44. The van der Waals surface area contributed by atoms with E-state index in [-0.39, 0.29) is 36.1 Å². The maximum absolute atomic E-state index is 11.9. The lowest BCUT2D eigenvalue weighted by atomic mass is 10.2. The topological polar surface area (TPSA) is 126 Å². The molecule has 0 aliphatic rings. The fraction of sp³-hybridized carbons (Fsp3) is 0.364. The van der Waals surface area contributed by atoms with Crippen LogP contribution < -0.4 is 16.0 Å². The summed E-state index contributed by atoms with van der Waals surface area (Å²) in [6, 6.07) is 1.15. The van der Waals surface area contributed by atoms with Crippen molar-refractivity contribution in [1.29, 1.82) is 0 Å². The molecule has 1 heterocycles. The van der Waals surface area contributed by atoms with Crippen LogP contribution in [0.3, 0.4) is 0 Å². The average molecular weight is 281 g/mol. The van der Waals surface area contributed by atoms with Crippen LogP contribution in [0.5, 0.6) is 0 Å². The number of pyridine rings is 1. The molecule has 0 saturated heterocycles. The zero-order valence-corrected chi connectivity index (χ0v) is 11.1. The molecule has 0 aliphatic carbocycles. The number of amides is 2. The fourth-order valence-electron chi connectivity index (χ4n) is 1.44. The second-order valence-corrected chi connectivity index (χ2v) is 3.84.